The molecule has 6 nitrogen and oxygen atoms in total. The highest BCUT2D eigenvalue weighted by Crippen LogP contribution is 2.36. The topological polar surface area (TPSA) is 64.9 Å². The lowest BCUT2D eigenvalue weighted by molar-refractivity contribution is 0.126. The third kappa shape index (κ3) is 3.95. The fourth-order valence-corrected chi connectivity index (χ4v) is 4.26. The lowest BCUT2D eigenvalue weighted by Crippen LogP contribution is -2.26. The highest BCUT2D eigenvalue weighted by molar-refractivity contribution is 5.94. The minimum atomic E-state index is -0.255. The molecule has 0 atom stereocenters. The summed E-state index contributed by atoms with van der Waals surface area (Å²) < 4.78 is 21.6. The average molecular weight is 417 g/mol. The van der Waals surface area contributed by atoms with Gasteiger partial charge in [-0.2, -0.15) is 5.10 Å². The van der Waals surface area contributed by atoms with Gasteiger partial charge in [0.2, 0.25) is 5.88 Å². The van der Waals surface area contributed by atoms with Gasteiger partial charge in [-0.15, -0.1) is 0 Å². The van der Waals surface area contributed by atoms with Gasteiger partial charge in [0.05, 0.1) is 11.6 Å². The normalized spacial score (nSPS) is 18.8. The number of nitrogens with one attached hydrogen (secondary N) is 1. The minimum Gasteiger partial charge on any atom is -0.474 e. The van der Waals surface area contributed by atoms with Gasteiger partial charge in [0.15, 0.2) is 0 Å². The van der Waals surface area contributed by atoms with Crippen molar-refractivity contribution in [3.8, 4) is 17.1 Å². The molecule has 0 saturated heterocycles. The summed E-state index contributed by atoms with van der Waals surface area (Å²) in [4.78, 5) is 8.75. The molecule has 1 N–H and O–H groups in total. The Morgan fingerprint density at radius 2 is 1.84 bits per heavy atom. The van der Waals surface area contributed by atoms with Gasteiger partial charge in [-0.25, -0.2) is 14.4 Å². The molecule has 158 valence electrons. The third-order valence-electron chi connectivity index (χ3n) is 5.88. The smallest absolute Gasteiger partial charge is 0.213 e. The van der Waals surface area contributed by atoms with Crippen LogP contribution in [-0.2, 0) is 0 Å². The van der Waals surface area contributed by atoms with Crippen molar-refractivity contribution in [2.24, 2.45) is 0 Å². The number of nitrogens with zero attached hydrogens (tertiary/aromatic N) is 4. The number of rotatable bonds is 5. The molecule has 31 heavy (non-hydrogen) atoms. The number of aromatic nitrogens is 4. The first-order chi connectivity index (χ1) is 15.2. The summed E-state index contributed by atoms with van der Waals surface area (Å²) in [5.74, 6) is 1.22. The second-order valence-corrected chi connectivity index (χ2v) is 7.85. The number of pyridine rings is 2. The quantitative estimate of drug-likeness (QED) is 0.481. The van der Waals surface area contributed by atoms with Crippen molar-refractivity contribution in [3.05, 3.63) is 66.7 Å². The van der Waals surface area contributed by atoms with Crippen molar-refractivity contribution in [1.29, 1.82) is 0 Å². The fourth-order valence-electron chi connectivity index (χ4n) is 4.26. The van der Waals surface area contributed by atoms with Gasteiger partial charge in [-0.05, 0) is 56.0 Å². The standard InChI is InChI=1S/C24H24FN5O/c1-26-22-14-21-20(15-28-22)24(16-5-7-17(25)8-6-16)29-30(21)18-9-11-19(12-10-18)31-23-4-2-3-13-27-23/h2-8,13-15,18-19H,9-12H2,1H3,(H,26,28)/t18-,19+. The predicted molar refractivity (Wildman–Crippen MR) is 119 cm³/mol. The van der Waals surface area contributed by atoms with E-state index in [-0.39, 0.29) is 18.0 Å². The molecular formula is C24H24FN5O. The maximum absolute atomic E-state index is 13.4. The molecule has 0 aliphatic heterocycles. The number of benzene rings is 1. The lowest BCUT2D eigenvalue weighted by atomic mass is 9.93. The summed E-state index contributed by atoms with van der Waals surface area (Å²) in [5, 5.41) is 9.05. The zero-order valence-corrected chi connectivity index (χ0v) is 17.3. The zero-order valence-electron chi connectivity index (χ0n) is 17.3. The summed E-state index contributed by atoms with van der Waals surface area (Å²) in [6, 6.07) is 14.5. The van der Waals surface area contributed by atoms with Crippen LogP contribution in [0.25, 0.3) is 22.2 Å². The van der Waals surface area contributed by atoms with Crippen molar-refractivity contribution in [2.45, 2.75) is 37.8 Å². The van der Waals surface area contributed by atoms with E-state index in [0.29, 0.717) is 5.88 Å². The van der Waals surface area contributed by atoms with Gasteiger partial charge in [0.1, 0.15) is 23.4 Å². The number of ether oxygens (including phenoxy) is 1. The first kappa shape index (κ1) is 19.5. The average Bonchev–Trinajstić information content (AvgIpc) is 3.19. The molecule has 0 amide bonds. The first-order valence-corrected chi connectivity index (χ1v) is 10.6. The molecule has 1 saturated carbocycles. The van der Waals surface area contributed by atoms with E-state index in [1.165, 1.54) is 12.1 Å². The fraction of sp³-hybridized carbons (Fsp3) is 0.292. The van der Waals surface area contributed by atoms with Crippen LogP contribution in [0, 0.1) is 5.82 Å². The predicted octanol–water partition coefficient (Wildman–Crippen LogP) is 5.24. The number of fused-ring (bicyclic) bond motifs is 1. The maximum Gasteiger partial charge on any atom is 0.213 e. The Hall–Kier alpha value is -3.48. The van der Waals surface area contributed by atoms with E-state index in [1.807, 2.05) is 37.5 Å². The van der Waals surface area contributed by atoms with Crippen LogP contribution in [0.4, 0.5) is 10.2 Å². The van der Waals surface area contributed by atoms with Crippen LogP contribution in [0.2, 0.25) is 0 Å². The van der Waals surface area contributed by atoms with Crippen molar-refractivity contribution in [1.82, 2.24) is 19.7 Å². The van der Waals surface area contributed by atoms with E-state index in [0.717, 1.165) is 53.7 Å². The van der Waals surface area contributed by atoms with Crippen LogP contribution in [0.3, 0.4) is 0 Å². The summed E-state index contributed by atoms with van der Waals surface area (Å²) >= 11 is 0. The van der Waals surface area contributed by atoms with Crippen LogP contribution in [0.5, 0.6) is 5.88 Å². The Morgan fingerprint density at radius 1 is 1.03 bits per heavy atom. The molecule has 5 rings (SSSR count). The summed E-state index contributed by atoms with van der Waals surface area (Å²) in [6.07, 6.45) is 7.58. The summed E-state index contributed by atoms with van der Waals surface area (Å²) in [5.41, 5.74) is 2.75. The second-order valence-electron chi connectivity index (χ2n) is 7.85. The van der Waals surface area contributed by atoms with Crippen LogP contribution < -0.4 is 10.1 Å². The molecule has 1 aliphatic carbocycles. The van der Waals surface area contributed by atoms with Crippen LogP contribution in [0.1, 0.15) is 31.7 Å². The SMILES string of the molecule is CNc1cc2c(cn1)c(-c1ccc(F)cc1)nn2[C@H]1CC[C@@H](Oc2ccccn2)CC1. The van der Waals surface area contributed by atoms with Gasteiger partial charge in [0, 0.05) is 42.5 Å². The van der Waals surface area contributed by atoms with Crippen molar-refractivity contribution in [2.75, 3.05) is 12.4 Å². The second kappa shape index (κ2) is 8.34. The molecular weight excluding hydrogens is 393 g/mol. The monoisotopic (exact) mass is 417 g/mol. The van der Waals surface area contributed by atoms with Gasteiger partial charge >= 0.3 is 0 Å². The van der Waals surface area contributed by atoms with Gasteiger partial charge in [0.25, 0.3) is 0 Å². The Bertz CT molecular complexity index is 1170. The molecule has 0 spiro atoms. The van der Waals surface area contributed by atoms with E-state index in [9.17, 15) is 4.39 Å². The Labute approximate surface area is 180 Å². The Balaban J connectivity index is 1.43. The molecule has 3 aromatic heterocycles. The van der Waals surface area contributed by atoms with E-state index in [4.69, 9.17) is 9.84 Å². The minimum absolute atomic E-state index is 0.166. The number of hydrogen-bond donors (Lipinski definition) is 1. The molecule has 1 aromatic carbocycles. The van der Waals surface area contributed by atoms with Crippen molar-refractivity contribution >= 4 is 16.7 Å². The molecule has 0 unspecified atom stereocenters. The molecule has 0 bridgehead atoms. The van der Waals surface area contributed by atoms with Gasteiger partial charge in [-0.3, -0.25) is 4.68 Å². The van der Waals surface area contributed by atoms with Gasteiger partial charge < -0.3 is 10.1 Å². The van der Waals surface area contributed by atoms with E-state index in [2.05, 4.69) is 20.0 Å². The van der Waals surface area contributed by atoms with Gasteiger partial charge in [-0.1, -0.05) is 6.07 Å². The molecule has 0 radical (unpaired) electrons. The van der Waals surface area contributed by atoms with Crippen molar-refractivity contribution in [3.63, 3.8) is 0 Å². The largest absolute Gasteiger partial charge is 0.474 e. The summed E-state index contributed by atoms with van der Waals surface area (Å²) in [6.45, 7) is 0. The Kier molecular flexibility index (Phi) is 5.24. The van der Waals surface area contributed by atoms with Crippen LogP contribution in [-0.4, -0.2) is 32.9 Å². The number of hydrogen-bond acceptors (Lipinski definition) is 5. The first-order valence-electron chi connectivity index (χ1n) is 10.6. The van der Waals surface area contributed by atoms with E-state index < -0.39 is 0 Å². The van der Waals surface area contributed by atoms with E-state index in [1.54, 1.807) is 18.3 Å². The highest BCUT2D eigenvalue weighted by Gasteiger charge is 2.27. The highest BCUT2D eigenvalue weighted by atomic mass is 19.1. The molecule has 1 aliphatic rings. The summed E-state index contributed by atoms with van der Waals surface area (Å²) in [7, 11) is 1.86. The molecule has 4 aromatic rings. The molecule has 1 fully saturated rings. The Morgan fingerprint density at radius 3 is 2.55 bits per heavy atom. The van der Waals surface area contributed by atoms with Crippen LogP contribution in [0.15, 0.2) is 60.9 Å². The van der Waals surface area contributed by atoms with Crippen molar-refractivity contribution < 1.29 is 9.13 Å². The maximum atomic E-state index is 13.4. The van der Waals surface area contributed by atoms with Crippen LogP contribution >= 0.6 is 0 Å². The number of anilines is 1. The van der Waals surface area contributed by atoms with E-state index >= 15 is 0 Å². The molecule has 3 heterocycles. The zero-order chi connectivity index (χ0) is 21.2. The molecule has 7 heteroatoms. The lowest BCUT2D eigenvalue weighted by Gasteiger charge is -2.29. The number of halogens is 1. The third-order valence-corrected chi connectivity index (χ3v) is 5.88.